The van der Waals surface area contributed by atoms with E-state index in [2.05, 4.69) is 42.1 Å². The molecule has 6 nitrogen and oxygen atoms in total. The second kappa shape index (κ2) is 7.23. The van der Waals surface area contributed by atoms with Crippen molar-refractivity contribution in [2.75, 3.05) is 5.75 Å². The Morgan fingerprint density at radius 2 is 1.90 bits per heavy atom. The summed E-state index contributed by atoms with van der Waals surface area (Å²) < 4.78 is 8.87. The lowest BCUT2D eigenvalue weighted by atomic mass is 10.1. The number of rotatable bonds is 2. The monoisotopic (exact) mass is 530 g/mol. The number of aryl methyl sites for hydroxylation is 1. The molecule has 2 aromatic carbocycles. The van der Waals surface area contributed by atoms with Gasteiger partial charge in [0.05, 0.1) is 15.7 Å². The zero-order chi connectivity index (χ0) is 20.1. The van der Waals surface area contributed by atoms with Crippen LogP contribution >= 0.6 is 43.6 Å². The Bertz CT molecular complexity index is 1360. The molecule has 0 atom stereocenters. The largest absolute Gasteiger partial charge is 0.421 e. The molecule has 0 fully saturated rings. The van der Waals surface area contributed by atoms with Gasteiger partial charge in [0.1, 0.15) is 0 Å². The van der Waals surface area contributed by atoms with Crippen molar-refractivity contribution in [2.24, 2.45) is 5.10 Å². The zero-order valence-electron chi connectivity index (χ0n) is 15.0. The van der Waals surface area contributed by atoms with Crippen molar-refractivity contribution in [3.8, 4) is 11.4 Å². The van der Waals surface area contributed by atoms with Crippen LogP contribution in [-0.2, 0) is 0 Å². The summed E-state index contributed by atoms with van der Waals surface area (Å²) in [6.45, 7) is 2.03. The Morgan fingerprint density at radius 3 is 2.69 bits per heavy atom. The van der Waals surface area contributed by atoms with E-state index >= 15 is 0 Å². The average molecular weight is 532 g/mol. The zero-order valence-corrected chi connectivity index (χ0v) is 19.0. The molecule has 144 valence electrons. The molecule has 3 heterocycles. The lowest BCUT2D eigenvalue weighted by Gasteiger charge is -2.13. The predicted octanol–water partition coefficient (Wildman–Crippen LogP) is 5.24. The number of thioether (sulfide) groups is 1. The summed E-state index contributed by atoms with van der Waals surface area (Å²) in [5, 5.41) is 14.7. The van der Waals surface area contributed by atoms with Crippen molar-refractivity contribution in [3.63, 3.8) is 0 Å². The van der Waals surface area contributed by atoms with E-state index in [9.17, 15) is 4.79 Å². The number of fused-ring (bicyclic) bond motifs is 2. The summed E-state index contributed by atoms with van der Waals surface area (Å²) in [5.74, 6) is 1.15. The van der Waals surface area contributed by atoms with Crippen LogP contribution in [0.1, 0.15) is 11.1 Å². The third kappa shape index (κ3) is 3.37. The molecule has 4 aromatic rings. The van der Waals surface area contributed by atoms with Gasteiger partial charge in [-0.15, -0.1) is 10.2 Å². The van der Waals surface area contributed by atoms with Crippen molar-refractivity contribution in [2.45, 2.75) is 12.1 Å². The lowest BCUT2D eigenvalue weighted by molar-refractivity contribution is 0.557. The van der Waals surface area contributed by atoms with E-state index in [0.29, 0.717) is 38.1 Å². The summed E-state index contributed by atoms with van der Waals surface area (Å²) in [7, 11) is 0. The molecule has 0 amide bonds. The SMILES string of the molecule is Cc1ccc(-c2nnc3n2N=C(c2cc4cc(Br)cc(Br)c4oc2=O)CS3)cc1. The maximum Gasteiger partial charge on any atom is 0.345 e. The van der Waals surface area contributed by atoms with Gasteiger partial charge in [-0.3, -0.25) is 0 Å². The summed E-state index contributed by atoms with van der Waals surface area (Å²) in [6.07, 6.45) is 0. The van der Waals surface area contributed by atoms with Gasteiger partial charge in [0, 0.05) is 21.2 Å². The van der Waals surface area contributed by atoms with Crippen molar-refractivity contribution in [1.29, 1.82) is 0 Å². The third-order valence-corrected chi connectivity index (χ3v) is 6.52. The molecule has 0 N–H and O–H groups in total. The normalized spacial score (nSPS) is 13.4. The molecular weight excluding hydrogens is 520 g/mol. The minimum absolute atomic E-state index is 0.423. The van der Waals surface area contributed by atoms with Crippen LogP contribution < -0.4 is 5.63 Å². The Kier molecular flexibility index (Phi) is 4.68. The standard InChI is InChI=1S/C20H12Br2N4O2S/c1-10-2-4-11(5-3-10)18-23-24-20-26(18)25-16(9-29-20)14-7-12-6-13(21)8-15(22)17(12)28-19(14)27/h2-8H,9H2,1H3. The van der Waals surface area contributed by atoms with E-state index in [1.54, 1.807) is 4.68 Å². The highest BCUT2D eigenvalue weighted by atomic mass is 79.9. The van der Waals surface area contributed by atoms with E-state index in [4.69, 9.17) is 9.52 Å². The summed E-state index contributed by atoms with van der Waals surface area (Å²) in [5.41, 5.74) is 3.23. The van der Waals surface area contributed by atoms with Gasteiger partial charge in [-0.25, -0.2) is 4.79 Å². The predicted molar refractivity (Wildman–Crippen MR) is 121 cm³/mol. The topological polar surface area (TPSA) is 73.3 Å². The minimum Gasteiger partial charge on any atom is -0.421 e. The maximum atomic E-state index is 12.7. The number of nitrogens with zero attached hydrogens (tertiary/aromatic N) is 4. The molecule has 1 aliphatic rings. The van der Waals surface area contributed by atoms with E-state index < -0.39 is 5.63 Å². The fourth-order valence-corrected chi connectivity index (χ4v) is 5.27. The molecule has 0 bridgehead atoms. The first-order chi connectivity index (χ1) is 14.0. The van der Waals surface area contributed by atoms with Crippen molar-refractivity contribution in [3.05, 3.63) is 73.0 Å². The molecule has 0 radical (unpaired) electrons. The second-order valence-electron chi connectivity index (χ2n) is 6.57. The highest BCUT2D eigenvalue weighted by Gasteiger charge is 2.23. The van der Waals surface area contributed by atoms with Crippen LogP contribution in [0.5, 0.6) is 0 Å². The molecule has 5 rings (SSSR count). The molecule has 0 spiro atoms. The van der Waals surface area contributed by atoms with Gasteiger partial charge in [0.25, 0.3) is 0 Å². The number of halogens is 2. The van der Waals surface area contributed by atoms with Gasteiger partial charge in [0.2, 0.25) is 5.16 Å². The van der Waals surface area contributed by atoms with E-state index in [-0.39, 0.29) is 0 Å². The molecule has 0 aliphatic carbocycles. The fraction of sp³-hybridized carbons (Fsp3) is 0.100. The first kappa shape index (κ1) is 18.8. The van der Waals surface area contributed by atoms with Crippen LogP contribution in [0.2, 0.25) is 0 Å². The lowest BCUT2D eigenvalue weighted by Crippen LogP contribution is -2.21. The van der Waals surface area contributed by atoms with Gasteiger partial charge in [0.15, 0.2) is 11.4 Å². The van der Waals surface area contributed by atoms with Gasteiger partial charge in [-0.05, 0) is 41.1 Å². The Hall–Kier alpha value is -2.23. The van der Waals surface area contributed by atoms with Gasteiger partial charge in [-0.1, -0.05) is 57.5 Å². The molecule has 2 aromatic heterocycles. The molecule has 1 aliphatic heterocycles. The highest BCUT2D eigenvalue weighted by molar-refractivity contribution is 9.11. The molecule has 29 heavy (non-hydrogen) atoms. The van der Waals surface area contributed by atoms with E-state index in [1.807, 2.05) is 49.4 Å². The molecule has 0 saturated carbocycles. The number of hydrogen-bond acceptors (Lipinski definition) is 6. The third-order valence-electron chi connectivity index (χ3n) is 4.54. The molecular formula is C20H12Br2N4O2S. The first-order valence-corrected chi connectivity index (χ1v) is 11.2. The van der Waals surface area contributed by atoms with E-state index in [1.165, 1.54) is 11.8 Å². The number of hydrogen-bond donors (Lipinski definition) is 0. The highest BCUT2D eigenvalue weighted by Crippen LogP contribution is 2.31. The average Bonchev–Trinajstić information content (AvgIpc) is 3.12. The van der Waals surface area contributed by atoms with Gasteiger partial charge in [-0.2, -0.15) is 9.78 Å². The molecule has 0 unspecified atom stereocenters. The Balaban J connectivity index is 1.65. The van der Waals surface area contributed by atoms with Crippen LogP contribution in [-0.4, -0.2) is 26.3 Å². The van der Waals surface area contributed by atoms with Gasteiger partial charge < -0.3 is 4.42 Å². The first-order valence-electron chi connectivity index (χ1n) is 8.66. The minimum atomic E-state index is -0.423. The molecule has 9 heteroatoms. The maximum absolute atomic E-state index is 12.7. The van der Waals surface area contributed by atoms with Crippen LogP contribution in [0.25, 0.3) is 22.4 Å². The van der Waals surface area contributed by atoms with Crippen LogP contribution in [0.3, 0.4) is 0 Å². The number of aromatic nitrogens is 3. The van der Waals surface area contributed by atoms with E-state index in [0.717, 1.165) is 21.0 Å². The van der Waals surface area contributed by atoms with Crippen molar-refractivity contribution >= 4 is 60.3 Å². The van der Waals surface area contributed by atoms with Gasteiger partial charge >= 0.3 is 5.63 Å². The summed E-state index contributed by atoms with van der Waals surface area (Å²) in [6, 6.07) is 13.6. The van der Waals surface area contributed by atoms with Crippen LogP contribution in [0.4, 0.5) is 0 Å². The Labute approximate surface area is 186 Å². The smallest absolute Gasteiger partial charge is 0.345 e. The van der Waals surface area contributed by atoms with Crippen molar-refractivity contribution in [1.82, 2.24) is 14.9 Å². The van der Waals surface area contributed by atoms with Crippen LogP contribution in [0.15, 0.2) is 70.9 Å². The van der Waals surface area contributed by atoms with Crippen molar-refractivity contribution < 1.29 is 4.42 Å². The Morgan fingerprint density at radius 1 is 1.10 bits per heavy atom. The summed E-state index contributed by atoms with van der Waals surface area (Å²) >= 11 is 8.41. The fourth-order valence-electron chi connectivity index (χ4n) is 3.10. The summed E-state index contributed by atoms with van der Waals surface area (Å²) in [4.78, 5) is 12.7. The quantitative estimate of drug-likeness (QED) is 0.330. The number of benzene rings is 2. The molecule has 0 saturated heterocycles. The van der Waals surface area contributed by atoms with Crippen LogP contribution in [0, 0.1) is 6.92 Å². The second-order valence-corrected chi connectivity index (χ2v) is 9.29.